The smallest absolute Gasteiger partial charge is 0.351 e. The van der Waals surface area contributed by atoms with Gasteiger partial charge in [-0.2, -0.15) is 4.98 Å². The van der Waals surface area contributed by atoms with E-state index in [1.54, 1.807) is 0 Å². The molecule has 0 amide bonds. The summed E-state index contributed by atoms with van der Waals surface area (Å²) in [5.41, 5.74) is 4.43. The van der Waals surface area contributed by atoms with Gasteiger partial charge in [-0.1, -0.05) is 0 Å². The molecule has 0 radical (unpaired) electrons. The highest BCUT2D eigenvalue weighted by atomic mass is 19.2. The molecule has 6 nitrogen and oxygen atoms in total. The van der Waals surface area contributed by atoms with Gasteiger partial charge < -0.3 is 15.6 Å². The fourth-order valence-corrected chi connectivity index (χ4v) is 1.68. The molecule has 1 fully saturated rings. The highest BCUT2D eigenvalue weighted by molar-refractivity contribution is 5.23. The van der Waals surface area contributed by atoms with E-state index >= 15 is 0 Å². The minimum Gasteiger partial charge on any atom is -0.390 e. The maximum Gasteiger partial charge on any atom is 0.351 e. The molecule has 2 heterocycles. The van der Waals surface area contributed by atoms with E-state index in [-0.39, 0.29) is 5.82 Å². The highest BCUT2D eigenvalue weighted by Crippen LogP contribution is 2.38. The molecule has 94 valence electrons. The molecule has 1 aliphatic heterocycles. The zero-order valence-electron chi connectivity index (χ0n) is 8.72. The number of hydrogen-bond acceptors (Lipinski definition) is 5. The molecular formula is C9H11F2N3O3. The van der Waals surface area contributed by atoms with Gasteiger partial charge in [0.1, 0.15) is 12.4 Å². The summed E-state index contributed by atoms with van der Waals surface area (Å²) in [6.45, 7) is -0.971. The van der Waals surface area contributed by atoms with Gasteiger partial charge in [-0.25, -0.2) is 13.6 Å². The zero-order chi connectivity index (χ0) is 12.6. The van der Waals surface area contributed by atoms with E-state index in [1.165, 1.54) is 12.3 Å². The molecule has 1 aliphatic rings. The molecule has 1 aromatic rings. The number of nitrogen functional groups attached to an aromatic ring is 1. The van der Waals surface area contributed by atoms with Crippen LogP contribution in [0.4, 0.5) is 14.6 Å². The molecule has 3 atom stereocenters. The van der Waals surface area contributed by atoms with Crippen molar-refractivity contribution in [3.05, 3.63) is 22.7 Å². The molecule has 0 saturated carbocycles. The number of aliphatic hydroxyl groups is 1. The fraction of sp³-hybridized carbons (Fsp3) is 0.556. The van der Waals surface area contributed by atoms with Gasteiger partial charge in [0.2, 0.25) is 5.85 Å². The summed E-state index contributed by atoms with van der Waals surface area (Å²) in [6, 6.07) is 1.27. The number of nitrogens with zero attached hydrogens (tertiary/aromatic N) is 2. The van der Waals surface area contributed by atoms with E-state index < -0.39 is 37.0 Å². The number of halogens is 2. The van der Waals surface area contributed by atoms with E-state index in [0.29, 0.717) is 0 Å². The summed E-state index contributed by atoms with van der Waals surface area (Å²) in [5, 5.41) is 8.73. The van der Waals surface area contributed by atoms with E-state index in [1.807, 2.05) is 0 Å². The van der Waals surface area contributed by atoms with Crippen LogP contribution in [0.1, 0.15) is 12.6 Å². The van der Waals surface area contributed by atoms with Crippen LogP contribution in [0.15, 0.2) is 17.1 Å². The average Bonchev–Trinajstić information content (AvgIpc) is 2.55. The van der Waals surface area contributed by atoms with Gasteiger partial charge >= 0.3 is 5.69 Å². The molecule has 1 aromatic heterocycles. The van der Waals surface area contributed by atoms with Crippen LogP contribution in [-0.4, -0.2) is 33.3 Å². The Hall–Kier alpha value is -1.54. The average molecular weight is 247 g/mol. The molecule has 2 rings (SSSR count). The van der Waals surface area contributed by atoms with Gasteiger partial charge in [-0.05, 0) is 6.07 Å². The molecule has 0 aromatic carbocycles. The fourth-order valence-electron chi connectivity index (χ4n) is 1.68. The first kappa shape index (κ1) is 11.9. The van der Waals surface area contributed by atoms with Gasteiger partial charge in [0.15, 0.2) is 12.4 Å². The molecule has 8 heteroatoms. The summed E-state index contributed by atoms with van der Waals surface area (Å²) >= 11 is 0. The van der Waals surface area contributed by atoms with Crippen LogP contribution in [-0.2, 0) is 4.74 Å². The number of nitrogens with two attached hydrogens (primary N) is 1. The third kappa shape index (κ3) is 2.13. The van der Waals surface area contributed by atoms with E-state index in [9.17, 15) is 13.6 Å². The van der Waals surface area contributed by atoms with Crippen LogP contribution >= 0.6 is 0 Å². The van der Waals surface area contributed by atoms with Gasteiger partial charge in [0, 0.05) is 12.6 Å². The molecule has 0 bridgehead atoms. The predicted octanol–water partition coefficient (Wildman–Crippen LogP) is -0.259. The van der Waals surface area contributed by atoms with E-state index in [0.717, 1.165) is 4.57 Å². The van der Waals surface area contributed by atoms with Crippen molar-refractivity contribution in [1.29, 1.82) is 0 Å². The van der Waals surface area contributed by atoms with Crippen molar-refractivity contribution in [2.75, 3.05) is 12.3 Å². The second-order valence-corrected chi connectivity index (χ2v) is 3.81. The van der Waals surface area contributed by atoms with Crippen LogP contribution in [0.2, 0.25) is 0 Å². The Balaban J connectivity index is 2.32. The molecule has 0 spiro atoms. The van der Waals surface area contributed by atoms with Crippen molar-refractivity contribution >= 4 is 5.82 Å². The largest absolute Gasteiger partial charge is 0.390 e. The molecule has 17 heavy (non-hydrogen) atoms. The monoisotopic (exact) mass is 247 g/mol. The Morgan fingerprint density at radius 1 is 1.76 bits per heavy atom. The zero-order valence-corrected chi connectivity index (χ0v) is 8.72. The van der Waals surface area contributed by atoms with E-state index in [2.05, 4.69) is 4.98 Å². The Morgan fingerprint density at radius 3 is 3.00 bits per heavy atom. The Labute approximate surface area is 94.6 Å². The van der Waals surface area contributed by atoms with Crippen molar-refractivity contribution in [3.63, 3.8) is 0 Å². The van der Waals surface area contributed by atoms with E-state index in [4.69, 9.17) is 15.6 Å². The quantitative estimate of drug-likeness (QED) is 0.751. The molecule has 1 saturated heterocycles. The lowest BCUT2D eigenvalue weighted by atomic mass is 10.2. The van der Waals surface area contributed by atoms with Crippen LogP contribution in [0.5, 0.6) is 0 Å². The van der Waals surface area contributed by atoms with Crippen LogP contribution in [0.25, 0.3) is 0 Å². The van der Waals surface area contributed by atoms with Gasteiger partial charge in [-0.3, -0.25) is 4.57 Å². The lowest BCUT2D eigenvalue weighted by Gasteiger charge is -2.18. The second-order valence-electron chi connectivity index (χ2n) is 3.81. The van der Waals surface area contributed by atoms with Crippen molar-refractivity contribution in [2.45, 2.75) is 24.7 Å². The van der Waals surface area contributed by atoms with Gasteiger partial charge in [0.05, 0.1) is 0 Å². The summed E-state index contributed by atoms with van der Waals surface area (Å²) in [6.07, 6.45) is -2.64. The van der Waals surface area contributed by atoms with Crippen molar-refractivity contribution in [1.82, 2.24) is 9.55 Å². The van der Waals surface area contributed by atoms with Gasteiger partial charge in [-0.15, -0.1) is 0 Å². The Kier molecular flexibility index (Phi) is 2.84. The topological polar surface area (TPSA) is 90.4 Å². The molecule has 3 N–H and O–H groups in total. The highest BCUT2D eigenvalue weighted by Gasteiger charge is 2.48. The maximum atomic E-state index is 13.6. The minimum absolute atomic E-state index is 0.0201. The summed E-state index contributed by atoms with van der Waals surface area (Å²) in [4.78, 5) is 14.8. The van der Waals surface area contributed by atoms with Gasteiger partial charge in [0.25, 0.3) is 0 Å². The maximum absolute atomic E-state index is 13.6. The number of aliphatic hydroxyl groups excluding tert-OH is 1. The van der Waals surface area contributed by atoms with Crippen LogP contribution in [0, 0.1) is 0 Å². The number of alkyl halides is 2. The lowest BCUT2D eigenvalue weighted by molar-refractivity contribution is -0.179. The Morgan fingerprint density at radius 2 is 2.47 bits per heavy atom. The third-order valence-electron chi connectivity index (χ3n) is 2.50. The number of ether oxygens (including phenoxy) is 1. The minimum atomic E-state index is -2.47. The normalized spacial score (nSPS) is 32.9. The summed E-state index contributed by atoms with van der Waals surface area (Å²) in [5.74, 6) is -2.49. The van der Waals surface area contributed by atoms with Crippen LogP contribution in [0.3, 0.4) is 0 Å². The number of hydrogen-bond donors (Lipinski definition) is 2. The van der Waals surface area contributed by atoms with Crippen molar-refractivity contribution in [2.24, 2.45) is 0 Å². The lowest BCUT2D eigenvalue weighted by Crippen LogP contribution is -2.32. The van der Waals surface area contributed by atoms with Crippen molar-refractivity contribution < 1.29 is 18.6 Å². The number of anilines is 1. The predicted molar refractivity (Wildman–Crippen MR) is 53.5 cm³/mol. The molecule has 0 unspecified atom stereocenters. The number of rotatable bonds is 2. The second kappa shape index (κ2) is 4.04. The van der Waals surface area contributed by atoms with Crippen molar-refractivity contribution in [3.8, 4) is 0 Å². The Bertz CT molecular complexity index is 481. The first-order chi connectivity index (χ1) is 7.95. The number of aromatic nitrogens is 2. The standard InChI is InChI=1S/C9H11F2N3O3/c10-5-3-9(11,4-15)17-7(5)14-2-1-6(12)13-8(14)16/h1-2,5,7,15H,3-4H2,(H2,12,13,16)/t5-,7-,9+/m1/s1. The SMILES string of the molecule is Nc1ccn([C@@H]2O[C@](F)(CO)C[C@H]2F)c(=O)n1. The third-order valence-corrected chi connectivity index (χ3v) is 2.50. The van der Waals surface area contributed by atoms with Crippen LogP contribution < -0.4 is 11.4 Å². The summed E-state index contributed by atoms with van der Waals surface area (Å²) in [7, 11) is 0. The molecular weight excluding hydrogens is 236 g/mol. The summed E-state index contributed by atoms with van der Waals surface area (Å²) < 4.78 is 32.6. The molecule has 0 aliphatic carbocycles. The first-order valence-electron chi connectivity index (χ1n) is 4.91. The first-order valence-corrected chi connectivity index (χ1v) is 4.91.